The van der Waals surface area contributed by atoms with E-state index in [4.69, 9.17) is 23.2 Å². The van der Waals surface area contributed by atoms with Crippen molar-refractivity contribution < 1.29 is 9.31 Å². The smallest absolute Gasteiger partial charge is 0.270 e. The van der Waals surface area contributed by atoms with E-state index in [2.05, 4.69) is 5.32 Å². The fraction of sp³-hybridized carbons (Fsp3) is 0.0769. The third kappa shape index (κ3) is 3.37. The van der Waals surface area contributed by atoms with Crippen LogP contribution in [0.15, 0.2) is 36.4 Å². The average molecular weight is 315 g/mol. The molecule has 7 heteroatoms. The van der Waals surface area contributed by atoms with Crippen LogP contribution in [0.2, 0.25) is 10.0 Å². The number of nitrogens with one attached hydrogen (secondary N) is 1. The minimum atomic E-state index is -0.521. The second-order valence-electron chi connectivity index (χ2n) is 4.01. The second-order valence-corrected chi connectivity index (χ2v) is 4.82. The zero-order valence-corrected chi connectivity index (χ0v) is 11.6. The number of benzene rings is 2. The van der Waals surface area contributed by atoms with Gasteiger partial charge in [0, 0.05) is 18.7 Å². The third-order valence-electron chi connectivity index (χ3n) is 2.65. The van der Waals surface area contributed by atoms with E-state index < -0.39 is 10.7 Å². The van der Waals surface area contributed by atoms with Crippen molar-refractivity contribution in [3.05, 3.63) is 67.9 Å². The lowest BCUT2D eigenvalue weighted by molar-refractivity contribution is -0.384. The van der Waals surface area contributed by atoms with Crippen LogP contribution in [0.5, 0.6) is 0 Å². The first kappa shape index (κ1) is 14.6. The maximum absolute atomic E-state index is 13.1. The van der Waals surface area contributed by atoms with Gasteiger partial charge in [-0.25, -0.2) is 4.39 Å². The highest BCUT2D eigenvalue weighted by atomic mass is 35.5. The molecule has 0 saturated heterocycles. The number of nitro groups is 1. The Kier molecular flexibility index (Phi) is 4.42. The Balaban J connectivity index is 2.15. The van der Waals surface area contributed by atoms with Gasteiger partial charge in [0.05, 0.1) is 20.7 Å². The number of hydrogen-bond acceptors (Lipinski definition) is 3. The van der Waals surface area contributed by atoms with Crippen LogP contribution in [0.4, 0.5) is 15.8 Å². The highest BCUT2D eigenvalue weighted by molar-refractivity contribution is 6.33. The summed E-state index contributed by atoms with van der Waals surface area (Å²) in [6.45, 7) is 0.278. The summed E-state index contributed by atoms with van der Waals surface area (Å²) in [5, 5.41) is 14.2. The summed E-state index contributed by atoms with van der Waals surface area (Å²) >= 11 is 11.9. The van der Waals surface area contributed by atoms with Crippen LogP contribution < -0.4 is 5.32 Å². The largest absolute Gasteiger partial charge is 0.380 e. The fourth-order valence-corrected chi connectivity index (χ4v) is 2.04. The molecule has 104 valence electrons. The van der Waals surface area contributed by atoms with Crippen molar-refractivity contribution in [1.29, 1.82) is 0 Å². The molecule has 0 aliphatic rings. The minimum Gasteiger partial charge on any atom is -0.380 e. The molecule has 1 N–H and O–H groups in total. The molecule has 0 radical (unpaired) electrons. The third-order valence-corrected chi connectivity index (χ3v) is 3.33. The quantitative estimate of drug-likeness (QED) is 0.660. The van der Waals surface area contributed by atoms with Gasteiger partial charge in [-0.1, -0.05) is 23.2 Å². The molecule has 2 rings (SSSR count). The first-order valence-electron chi connectivity index (χ1n) is 5.59. The molecule has 2 aromatic carbocycles. The standard InChI is InChI=1S/C13H9Cl2FN2O2/c14-11-4-2-9(16)5-13(11)17-7-8-1-3-10(18(19)20)6-12(8)15/h1-6,17H,7H2. The van der Waals surface area contributed by atoms with E-state index in [0.717, 1.165) is 0 Å². The van der Waals surface area contributed by atoms with E-state index >= 15 is 0 Å². The first-order chi connectivity index (χ1) is 9.47. The number of non-ortho nitro benzene ring substituents is 1. The molecule has 0 aliphatic heterocycles. The summed E-state index contributed by atoms with van der Waals surface area (Å²) in [7, 11) is 0. The molecule has 0 aliphatic carbocycles. The molecule has 0 aromatic heterocycles. The number of halogens is 3. The van der Waals surface area contributed by atoms with Gasteiger partial charge >= 0.3 is 0 Å². The Morgan fingerprint density at radius 1 is 1.15 bits per heavy atom. The molecular formula is C13H9Cl2FN2O2. The monoisotopic (exact) mass is 314 g/mol. The van der Waals surface area contributed by atoms with Crippen LogP contribution in [0.3, 0.4) is 0 Å². The molecule has 0 unspecified atom stereocenters. The zero-order chi connectivity index (χ0) is 14.7. The van der Waals surface area contributed by atoms with Crippen molar-refractivity contribution in [2.75, 3.05) is 5.32 Å². The highest BCUT2D eigenvalue weighted by Gasteiger charge is 2.10. The van der Waals surface area contributed by atoms with Gasteiger partial charge in [0.1, 0.15) is 5.82 Å². The number of hydrogen-bond donors (Lipinski definition) is 1. The van der Waals surface area contributed by atoms with Crippen LogP contribution in [-0.4, -0.2) is 4.92 Å². The van der Waals surface area contributed by atoms with Crippen LogP contribution in [0.25, 0.3) is 0 Å². The molecule has 0 bridgehead atoms. The molecule has 0 fully saturated rings. The predicted molar refractivity (Wildman–Crippen MR) is 76.8 cm³/mol. The van der Waals surface area contributed by atoms with Crippen LogP contribution in [0.1, 0.15) is 5.56 Å². The summed E-state index contributed by atoms with van der Waals surface area (Å²) in [6, 6.07) is 8.13. The van der Waals surface area contributed by atoms with Crippen molar-refractivity contribution in [2.45, 2.75) is 6.54 Å². The predicted octanol–water partition coefficient (Wildman–Crippen LogP) is 4.65. The Labute approximate surface area is 124 Å². The summed E-state index contributed by atoms with van der Waals surface area (Å²) < 4.78 is 13.1. The summed E-state index contributed by atoms with van der Waals surface area (Å²) in [6.07, 6.45) is 0. The molecule has 0 atom stereocenters. The number of nitro benzene ring substituents is 1. The van der Waals surface area contributed by atoms with Crippen LogP contribution in [-0.2, 0) is 6.54 Å². The maximum Gasteiger partial charge on any atom is 0.270 e. The van der Waals surface area contributed by atoms with Crippen molar-refractivity contribution in [1.82, 2.24) is 0 Å². The van der Waals surface area contributed by atoms with E-state index in [0.29, 0.717) is 16.3 Å². The van der Waals surface area contributed by atoms with Gasteiger partial charge < -0.3 is 5.32 Å². The van der Waals surface area contributed by atoms with Crippen LogP contribution >= 0.6 is 23.2 Å². The Bertz CT molecular complexity index is 665. The number of anilines is 1. The first-order valence-corrected chi connectivity index (χ1v) is 6.34. The molecule has 0 amide bonds. The SMILES string of the molecule is O=[N+]([O-])c1ccc(CNc2cc(F)ccc2Cl)c(Cl)c1. The molecule has 0 spiro atoms. The van der Waals surface area contributed by atoms with Crippen molar-refractivity contribution in [3.63, 3.8) is 0 Å². The number of nitrogens with zero attached hydrogens (tertiary/aromatic N) is 1. The Morgan fingerprint density at radius 2 is 1.90 bits per heavy atom. The normalized spacial score (nSPS) is 10.3. The van der Waals surface area contributed by atoms with Gasteiger partial charge in [-0.05, 0) is 29.8 Å². The Hall–Kier alpha value is -1.85. The van der Waals surface area contributed by atoms with E-state index in [1.807, 2.05) is 0 Å². The topological polar surface area (TPSA) is 55.2 Å². The lowest BCUT2D eigenvalue weighted by atomic mass is 10.2. The summed E-state index contributed by atoms with van der Waals surface area (Å²) in [5.41, 5.74) is 1.00. The van der Waals surface area contributed by atoms with E-state index in [1.165, 1.54) is 30.3 Å². The fourth-order valence-electron chi connectivity index (χ4n) is 1.62. The van der Waals surface area contributed by atoms with Gasteiger partial charge in [0.2, 0.25) is 0 Å². The highest BCUT2D eigenvalue weighted by Crippen LogP contribution is 2.26. The zero-order valence-electron chi connectivity index (χ0n) is 10.1. The lowest BCUT2D eigenvalue weighted by Gasteiger charge is -2.09. The number of rotatable bonds is 4. The van der Waals surface area contributed by atoms with E-state index in [1.54, 1.807) is 6.07 Å². The van der Waals surface area contributed by atoms with Gasteiger partial charge in [-0.2, -0.15) is 0 Å². The van der Waals surface area contributed by atoms with Crippen LogP contribution in [0, 0.1) is 15.9 Å². The van der Waals surface area contributed by atoms with E-state index in [9.17, 15) is 14.5 Å². The second kappa shape index (κ2) is 6.07. The summed E-state index contributed by atoms with van der Waals surface area (Å²) in [5.74, 6) is -0.410. The lowest BCUT2D eigenvalue weighted by Crippen LogP contribution is -2.01. The van der Waals surface area contributed by atoms with Crippen molar-refractivity contribution >= 4 is 34.6 Å². The Morgan fingerprint density at radius 3 is 2.55 bits per heavy atom. The minimum absolute atomic E-state index is 0.0810. The molecule has 2 aromatic rings. The molecule has 4 nitrogen and oxygen atoms in total. The molecular weight excluding hydrogens is 306 g/mol. The van der Waals surface area contributed by atoms with Gasteiger partial charge in [0.15, 0.2) is 0 Å². The molecule has 0 heterocycles. The van der Waals surface area contributed by atoms with Gasteiger partial charge in [-0.15, -0.1) is 0 Å². The van der Waals surface area contributed by atoms with Crippen molar-refractivity contribution in [3.8, 4) is 0 Å². The maximum atomic E-state index is 13.1. The van der Waals surface area contributed by atoms with Gasteiger partial charge in [-0.3, -0.25) is 10.1 Å². The van der Waals surface area contributed by atoms with Crippen molar-refractivity contribution in [2.24, 2.45) is 0 Å². The van der Waals surface area contributed by atoms with E-state index in [-0.39, 0.29) is 17.3 Å². The molecule has 0 saturated carbocycles. The van der Waals surface area contributed by atoms with Gasteiger partial charge in [0.25, 0.3) is 5.69 Å². The molecule has 20 heavy (non-hydrogen) atoms. The summed E-state index contributed by atoms with van der Waals surface area (Å²) in [4.78, 5) is 10.1. The average Bonchev–Trinajstić information content (AvgIpc) is 2.40.